The van der Waals surface area contributed by atoms with Gasteiger partial charge in [0.25, 0.3) is 0 Å². The van der Waals surface area contributed by atoms with Crippen molar-refractivity contribution in [1.82, 2.24) is 15.1 Å². The molecule has 0 bridgehead atoms. The molecule has 1 aromatic carbocycles. The summed E-state index contributed by atoms with van der Waals surface area (Å²) in [5.41, 5.74) is 1.36. The number of ether oxygens (including phenoxy) is 1. The summed E-state index contributed by atoms with van der Waals surface area (Å²) in [5.74, 6) is 0.949. The van der Waals surface area contributed by atoms with E-state index in [1.54, 1.807) is 7.11 Å². The molecule has 1 saturated heterocycles. The molecule has 0 aliphatic carbocycles. The Kier molecular flexibility index (Phi) is 6.68. The van der Waals surface area contributed by atoms with E-state index in [2.05, 4.69) is 54.1 Å². The quantitative estimate of drug-likeness (QED) is 0.837. The number of nitrogens with zero attached hydrogens (tertiary/aromatic N) is 2. The summed E-state index contributed by atoms with van der Waals surface area (Å²) >= 11 is 0. The SMILES string of the molecule is CCN(CC)CC(c1cccc(OC)c1)N1CCNC(C)C1. The normalized spacial score (nSPS) is 21.0. The topological polar surface area (TPSA) is 27.7 Å². The van der Waals surface area contributed by atoms with Crippen LogP contribution in [0.4, 0.5) is 0 Å². The van der Waals surface area contributed by atoms with Crippen molar-refractivity contribution in [2.45, 2.75) is 32.9 Å². The summed E-state index contributed by atoms with van der Waals surface area (Å²) in [6.07, 6.45) is 0. The highest BCUT2D eigenvalue weighted by Crippen LogP contribution is 2.26. The van der Waals surface area contributed by atoms with E-state index in [1.165, 1.54) is 5.56 Å². The standard InChI is InChI=1S/C18H31N3O/c1-5-20(6-2)14-18(21-11-10-19-15(3)13-21)16-8-7-9-17(12-16)22-4/h7-9,12,15,18-19H,5-6,10-11,13-14H2,1-4H3. The summed E-state index contributed by atoms with van der Waals surface area (Å²) in [5, 5.41) is 3.54. The first-order valence-corrected chi connectivity index (χ1v) is 8.51. The number of likely N-dealkylation sites (N-methyl/N-ethyl adjacent to an activating group) is 1. The van der Waals surface area contributed by atoms with Gasteiger partial charge >= 0.3 is 0 Å². The third-order valence-corrected chi connectivity index (χ3v) is 4.65. The molecule has 0 aromatic heterocycles. The van der Waals surface area contributed by atoms with Crippen molar-refractivity contribution in [2.24, 2.45) is 0 Å². The number of hydrogen-bond acceptors (Lipinski definition) is 4. The van der Waals surface area contributed by atoms with E-state index >= 15 is 0 Å². The van der Waals surface area contributed by atoms with Crippen LogP contribution in [0.1, 0.15) is 32.4 Å². The maximum absolute atomic E-state index is 5.43. The Bertz CT molecular complexity index is 448. The molecule has 1 heterocycles. The van der Waals surface area contributed by atoms with E-state index in [4.69, 9.17) is 4.74 Å². The van der Waals surface area contributed by atoms with Crippen LogP contribution in [0.15, 0.2) is 24.3 Å². The zero-order chi connectivity index (χ0) is 15.9. The largest absolute Gasteiger partial charge is 0.497 e. The third-order valence-electron chi connectivity index (χ3n) is 4.65. The van der Waals surface area contributed by atoms with Crippen molar-refractivity contribution in [2.75, 3.05) is 46.4 Å². The van der Waals surface area contributed by atoms with Gasteiger partial charge in [-0.1, -0.05) is 26.0 Å². The van der Waals surface area contributed by atoms with Crippen LogP contribution in [-0.2, 0) is 0 Å². The van der Waals surface area contributed by atoms with Gasteiger partial charge in [-0.3, -0.25) is 4.90 Å². The van der Waals surface area contributed by atoms with Crippen molar-refractivity contribution in [3.63, 3.8) is 0 Å². The van der Waals surface area contributed by atoms with Crippen molar-refractivity contribution in [3.8, 4) is 5.75 Å². The summed E-state index contributed by atoms with van der Waals surface area (Å²) < 4.78 is 5.43. The van der Waals surface area contributed by atoms with Gasteiger partial charge in [-0.15, -0.1) is 0 Å². The number of hydrogen-bond donors (Lipinski definition) is 1. The molecule has 4 heteroatoms. The molecule has 2 unspecified atom stereocenters. The van der Waals surface area contributed by atoms with Crippen LogP contribution in [0.2, 0.25) is 0 Å². The van der Waals surface area contributed by atoms with Gasteiger partial charge < -0.3 is 15.0 Å². The highest BCUT2D eigenvalue weighted by atomic mass is 16.5. The van der Waals surface area contributed by atoms with Gasteiger partial charge in [-0.05, 0) is 37.7 Å². The Morgan fingerprint density at radius 1 is 1.36 bits per heavy atom. The highest BCUT2D eigenvalue weighted by Gasteiger charge is 2.26. The molecule has 2 rings (SSSR count). The fourth-order valence-corrected chi connectivity index (χ4v) is 3.25. The van der Waals surface area contributed by atoms with Crippen LogP contribution in [-0.4, -0.2) is 62.2 Å². The predicted molar refractivity (Wildman–Crippen MR) is 92.6 cm³/mol. The van der Waals surface area contributed by atoms with E-state index in [0.717, 1.165) is 45.0 Å². The average molecular weight is 305 g/mol. The molecular formula is C18H31N3O. The molecule has 1 aliphatic rings. The fourth-order valence-electron chi connectivity index (χ4n) is 3.25. The number of methoxy groups -OCH3 is 1. The second-order valence-electron chi connectivity index (χ2n) is 6.13. The van der Waals surface area contributed by atoms with Crippen LogP contribution >= 0.6 is 0 Å². The zero-order valence-corrected chi connectivity index (χ0v) is 14.5. The van der Waals surface area contributed by atoms with Crippen LogP contribution in [0.5, 0.6) is 5.75 Å². The maximum atomic E-state index is 5.43. The number of rotatable bonds is 7. The lowest BCUT2D eigenvalue weighted by atomic mass is 10.0. The third kappa shape index (κ3) is 4.45. The first kappa shape index (κ1) is 17.3. The first-order chi connectivity index (χ1) is 10.7. The van der Waals surface area contributed by atoms with Crippen LogP contribution < -0.4 is 10.1 Å². The van der Waals surface area contributed by atoms with Crippen LogP contribution in [0.3, 0.4) is 0 Å². The molecule has 124 valence electrons. The Morgan fingerprint density at radius 3 is 2.77 bits per heavy atom. The van der Waals surface area contributed by atoms with Gasteiger partial charge in [0.15, 0.2) is 0 Å². The zero-order valence-electron chi connectivity index (χ0n) is 14.5. The summed E-state index contributed by atoms with van der Waals surface area (Å²) in [6.45, 7) is 13.3. The minimum Gasteiger partial charge on any atom is -0.497 e. The molecule has 1 aliphatic heterocycles. The predicted octanol–water partition coefficient (Wildman–Crippen LogP) is 2.37. The number of benzene rings is 1. The lowest BCUT2D eigenvalue weighted by Crippen LogP contribution is -2.52. The summed E-state index contributed by atoms with van der Waals surface area (Å²) in [4.78, 5) is 5.13. The van der Waals surface area contributed by atoms with Gasteiger partial charge in [0, 0.05) is 38.3 Å². The molecule has 0 amide bonds. The molecule has 22 heavy (non-hydrogen) atoms. The number of nitrogens with one attached hydrogen (secondary N) is 1. The van der Waals surface area contributed by atoms with E-state index in [0.29, 0.717) is 12.1 Å². The van der Waals surface area contributed by atoms with Crippen LogP contribution in [0.25, 0.3) is 0 Å². The van der Waals surface area contributed by atoms with E-state index in [1.807, 2.05) is 6.07 Å². The van der Waals surface area contributed by atoms with Gasteiger partial charge in [-0.2, -0.15) is 0 Å². The Balaban J connectivity index is 2.22. The summed E-state index contributed by atoms with van der Waals surface area (Å²) in [7, 11) is 1.74. The van der Waals surface area contributed by atoms with Gasteiger partial charge in [0.05, 0.1) is 7.11 Å². The molecule has 4 nitrogen and oxygen atoms in total. The molecule has 0 radical (unpaired) electrons. The molecular weight excluding hydrogens is 274 g/mol. The number of piperazine rings is 1. The molecule has 1 aromatic rings. The summed E-state index contributed by atoms with van der Waals surface area (Å²) in [6, 6.07) is 9.55. The second kappa shape index (κ2) is 8.51. The lowest BCUT2D eigenvalue weighted by Gasteiger charge is -2.40. The molecule has 2 atom stereocenters. The van der Waals surface area contributed by atoms with Gasteiger partial charge in [0.1, 0.15) is 5.75 Å². The van der Waals surface area contributed by atoms with E-state index in [-0.39, 0.29) is 0 Å². The first-order valence-electron chi connectivity index (χ1n) is 8.51. The monoisotopic (exact) mass is 305 g/mol. The molecule has 0 saturated carbocycles. The Hall–Kier alpha value is -1.10. The van der Waals surface area contributed by atoms with Crippen molar-refractivity contribution >= 4 is 0 Å². The Labute approximate surface area is 135 Å². The van der Waals surface area contributed by atoms with Gasteiger partial charge in [-0.25, -0.2) is 0 Å². The maximum Gasteiger partial charge on any atom is 0.119 e. The fraction of sp³-hybridized carbons (Fsp3) is 0.667. The second-order valence-corrected chi connectivity index (χ2v) is 6.13. The van der Waals surface area contributed by atoms with Crippen molar-refractivity contribution < 1.29 is 4.74 Å². The van der Waals surface area contributed by atoms with E-state index < -0.39 is 0 Å². The van der Waals surface area contributed by atoms with Crippen molar-refractivity contribution in [1.29, 1.82) is 0 Å². The average Bonchev–Trinajstić information content (AvgIpc) is 2.56. The molecule has 1 N–H and O–H groups in total. The van der Waals surface area contributed by atoms with Gasteiger partial charge in [0.2, 0.25) is 0 Å². The Morgan fingerprint density at radius 2 is 2.14 bits per heavy atom. The van der Waals surface area contributed by atoms with E-state index in [9.17, 15) is 0 Å². The molecule has 0 spiro atoms. The lowest BCUT2D eigenvalue weighted by molar-refractivity contribution is 0.113. The molecule has 1 fully saturated rings. The minimum absolute atomic E-state index is 0.430. The van der Waals surface area contributed by atoms with Crippen molar-refractivity contribution in [3.05, 3.63) is 29.8 Å². The smallest absolute Gasteiger partial charge is 0.119 e. The highest BCUT2D eigenvalue weighted by molar-refractivity contribution is 5.31. The minimum atomic E-state index is 0.430. The van der Waals surface area contributed by atoms with Crippen LogP contribution in [0, 0.1) is 0 Å².